The van der Waals surface area contributed by atoms with Gasteiger partial charge in [-0.2, -0.15) is 38.1 Å². The van der Waals surface area contributed by atoms with Crippen molar-refractivity contribution in [2.24, 2.45) is 0 Å². The quantitative estimate of drug-likeness (QED) is 0.303. The molecule has 0 amide bonds. The molecule has 11 heteroatoms. The van der Waals surface area contributed by atoms with Crippen molar-refractivity contribution in [1.29, 1.82) is 0 Å². The molecule has 0 saturated heterocycles. The molecule has 0 bridgehead atoms. The van der Waals surface area contributed by atoms with Crippen LogP contribution in [0, 0.1) is 0 Å². The van der Waals surface area contributed by atoms with E-state index in [1.165, 1.54) is 23.9 Å². The molecule has 3 aromatic rings. The Kier molecular flexibility index (Phi) is 5.69. The molecule has 2 aromatic heterocycles. The summed E-state index contributed by atoms with van der Waals surface area (Å²) in [7, 11) is 0. The molecule has 0 aliphatic carbocycles. The Morgan fingerprint density at radius 1 is 0.935 bits per heavy atom. The number of rotatable bonds is 3. The highest BCUT2D eigenvalue weighted by atomic mass is 32.2. The van der Waals surface area contributed by atoms with Gasteiger partial charge in [0.25, 0.3) is 5.79 Å². The van der Waals surface area contributed by atoms with Crippen LogP contribution in [-0.4, -0.2) is 31.1 Å². The number of aromatic nitrogens is 2. The third-order valence-corrected chi connectivity index (χ3v) is 5.84. The van der Waals surface area contributed by atoms with Gasteiger partial charge in [-0.25, -0.2) is 0 Å². The van der Waals surface area contributed by atoms with Crippen molar-refractivity contribution in [3.8, 4) is 0 Å². The van der Waals surface area contributed by atoms with Crippen molar-refractivity contribution in [3.63, 3.8) is 0 Å². The van der Waals surface area contributed by atoms with Crippen molar-refractivity contribution >= 4 is 33.6 Å². The molecule has 2 heterocycles. The molecule has 0 fully saturated rings. The van der Waals surface area contributed by atoms with Gasteiger partial charge in [0.05, 0.1) is 16.6 Å². The van der Waals surface area contributed by atoms with Crippen LogP contribution in [0.15, 0.2) is 30.6 Å². The monoisotopic (exact) mass is 464 g/mol. The zero-order chi connectivity index (χ0) is 23.4. The fraction of sp³-hybridized carbons (Fsp3) is 0.400. The first kappa shape index (κ1) is 23.6. The number of benzene rings is 1. The number of hydrogen-bond acceptors (Lipinski definition) is 5. The summed E-state index contributed by atoms with van der Waals surface area (Å²) < 4.78 is 81.8. The molecule has 0 aliphatic heterocycles. The van der Waals surface area contributed by atoms with Crippen molar-refractivity contribution in [2.45, 2.75) is 49.4 Å². The predicted molar refractivity (Wildman–Crippen MR) is 105 cm³/mol. The normalized spacial score (nSPS) is 13.9. The van der Waals surface area contributed by atoms with Crippen LogP contribution < -0.4 is 0 Å². The van der Waals surface area contributed by atoms with Crippen LogP contribution in [0.25, 0.3) is 21.8 Å². The summed E-state index contributed by atoms with van der Waals surface area (Å²) in [6.45, 7) is 5.43. The minimum Gasteiger partial charge on any atom is -0.355 e. The van der Waals surface area contributed by atoms with Gasteiger partial charge in [0, 0.05) is 39.2 Å². The number of alkyl halides is 6. The molecule has 31 heavy (non-hydrogen) atoms. The van der Waals surface area contributed by atoms with E-state index in [9.17, 15) is 36.6 Å². The molecule has 2 N–H and O–H groups in total. The Hall–Kier alpha value is -2.11. The highest BCUT2D eigenvalue weighted by Crippen LogP contribution is 2.45. The van der Waals surface area contributed by atoms with E-state index in [-0.39, 0.29) is 27.0 Å². The van der Waals surface area contributed by atoms with Gasteiger partial charge in [-0.3, -0.25) is 9.97 Å². The Morgan fingerprint density at radius 2 is 1.58 bits per heavy atom. The van der Waals surface area contributed by atoms with Gasteiger partial charge in [0.2, 0.25) is 0 Å². The number of aliphatic hydroxyl groups is 2. The predicted octanol–water partition coefficient (Wildman–Crippen LogP) is 5.53. The van der Waals surface area contributed by atoms with E-state index in [1.807, 2.05) is 20.8 Å². The largest absolute Gasteiger partial charge is 0.447 e. The lowest BCUT2D eigenvalue weighted by Gasteiger charge is -2.27. The summed E-state index contributed by atoms with van der Waals surface area (Å²) in [5.41, 5.74) is -3.32. The van der Waals surface area contributed by atoms with Gasteiger partial charge in [0.1, 0.15) is 0 Å². The van der Waals surface area contributed by atoms with Gasteiger partial charge >= 0.3 is 12.4 Å². The molecule has 0 spiro atoms. The third kappa shape index (κ3) is 4.44. The number of pyridine rings is 2. The zero-order valence-electron chi connectivity index (χ0n) is 16.6. The van der Waals surface area contributed by atoms with Crippen molar-refractivity contribution in [1.82, 2.24) is 9.97 Å². The van der Waals surface area contributed by atoms with Crippen LogP contribution in [0.3, 0.4) is 0 Å². The molecule has 0 unspecified atom stereocenters. The second kappa shape index (κ2) is 7.49. The first-order valence-corrected chi connectivity index (χ1v) is 9.95. The number of nitrogens with zero attached hydrogens (tertiary/aromatic N) is 2. The Labute approximate surface area is 177 Å². The van der Waals surface area contributed by atoms with Crippen molar-refractivity contribution in [3.05, 3.63) is 47.3 Å². The standard InChI is InChI=1S/C20H18F6N2O2S/c1-17(2,3)31-9-10-8-28-15-11-5-4-6-27-16(11)13(18(29,30)20(24,25)26)7-12(15)14(10)19(21,22)23/h4-8,29-30H,9H2,1-3H3. The van der Waals surface area contributed by atoms with E-state index in [4.69, 9.17) is 0 Å². The number of fused-ring (bicyclic) bond motifs is 3. The molecule has 0 aliphatic rings. The summed E-state index contributed by atoms with van der Waals surface area (Å²) >= 11 is 1.21. The van der Waals surface area contributed by atoms with Crippen molar-refractivity contribution in [2.75, 3.05) is 0 Å². The van der Waals surface area contributed by atoms with E-state index in [0.717, 1.165) is 12.4 Å². The summed E-state index contributed by atoms with van der Waals surface area (Å²) in [6.07, 6.45) is -8.35. The van der Waals surface area contributed by atoms with Crippen LogP contribution in [0.2, 0.25) is 0 Å². The van der Waals surface area contributed by atoms with E-state index >= 15 is 0 Å². The van der Waals surface area contributed by atoms with E-state index < -0.39 is 40.2 Å². The first-order valence-electron chi connectivity index (χ1n) is 8.96. The van der Waals surface area contributed by atoms with E-state index in [0.29, 0.717) is 6.07 Å². The second-order valence-corrected chi connectivity index (χ2v) is 9.75. The third-order valence-electron chi connectivity index (χ3n) is 4.52. The van der Waals surface area contributed by atoms with Gasteiger partial charge in [0.15, 0.2) is 0 Å². The van der Waals surface area contributed by atoms with Gasteiger partial charge in [-0.15, -0.1) is 0 Å². The topological polar surface area (TPSA) is 66.2 Å². The number of hydrogen-bond donors (Lipinski definition) is 2. The minimum absolute atomic E-state index is 0.0929. The van der Waals surface area contributed by atoms with Crippen LogP contribution in [0.4, 0.5) is 26.3 Å². The van der Waals surface area contributed by atoms with Crippen molar-refractivity contribution < 1.29 is 36.6 Å². The summed E-state index contributed by atoms with van der Waals surface area (Å²) in [5, 5.41) is 18.9. The van der Waals surface area contributed by atoms with E-state index in [2.05, 4.69) is 9.97 Å². The molecular weight excluding hydrogens is 446 g/mol. The smallest absolute Gasteiger partial charge is 0.355 e. The molecule has 3 rings (SSSR count). The second-order valence-electron chi connectivity index (χ2n) is 7.95. The maximum Gasteiger partial charge on any atom is 0.447 e. The number of thioether (sulfide) groups is 1. The number of halogens is 6. The Morgan fingerprint density at radius 3 is 2.13 bits per heavy atom. The lowest BCUT2D eigenvalue weighted by Crippen LogP contribution is -2.42. The summed E-state index contributed by atoms with van der Waals surface area (Å²) in [4.78, 5) is 7.82. The average Bonchev–Trinajstić information content (AvgIpc) is 2.62. The summed E-state index contributed by atoms with van der Waals surface area (Å²) in [5.74, 6) is -4.50. The van der Waals surface area contributed by atoms with Gasteiger partial charge < -0.3 is 10.2 Å². The van der Waals surface area contributed by atoms with Crippen LogP contribution in [0.1, 0.15) is 37.5 Å². The molecule has 4 nitrogen and oxygen atoms in total. The molecule has 1 aromatic carbocycles. The highest BCUT2D eigenvalue weighted by Gasteiger charge is 2.55. The Bertz CT molecular complexity index is 1140. The Balaban J connectivity index is 2.44. The average molecular weight is 464 g/mol. The first-order chi connectivity index (χ1) is 14.0. The molecule has 168 valence electrons. The fourth-order valence-corrected chi connectivity index (χ4v) is 3.91. The molecule has 0 radical (unpaired) electrons. The van der Waals surface area contributed by atoms with Crippen LogP contribution in [0.5, 0.6) is 0 Å². The zero-order valence-corrected chi connectivity index (χ0v) is 17.4. The van der Waals surface area contributed by atoms with Crippen LogP contribution >= 0.6 is 11.8 Å². The fourth-order valence-electron chi connectivity index (χ4n) is 3.10. The molecular formula is C20H18F6N2O2S. The van der Waals surface area contributed by atoms with Gasteiger partial charge in [-0.1, -0.05) is 20.8 Å². The SMILES string of the molecule is CC(C)(C)SCc1cnc2c(cc(C(O)(O)C(F)(F)F)c3ncccc32)c1C(F)(F)F. The van der Waals surface area contributed by atoms with Gasteiger partial charge in [-0.05, 0) is 23.8 Å². The summed E-state index contributed by atoms with van der Waals surface area (Å²) in [6, 6.07) is 3.02. The maximum atomic E-state index is 14.1. The molecule has 0 atom stereocenters. The van der Waals surface area contributed by atoms with E-state index in [1.54, 1.807) is 0 Å². The highest BCUT2D eigenvalue weighted by molar-refractivity contribution is 7.99. The molecule has 0 saturated carbocycles. The maximum absolute atomic E-state index is 14.1. The van der Waals surface area contributed by atoms with Crippen LogP contribution in [-0.2, 0) is 17.7 Å². The lowest BCUT2D eigenvalue weighted by molar-refractivity contribution is -0.357. The lowest BCUT2D eigenvalue weighted by atomic mass is 9.94. The minimum atomic E-state index is -5.57.